The van der Waals surface area contributed by atoms with Crippen LogP contribution in [0.4, 0.5) is 5.69 Å². The second-order valence-electron chi connectivity index (χ2n) is 9.95. The second kappa shape index (κ2) is 9.22. The molecule has 1 aliphatic heterocycles. The van der Waals surface area contributed by atoms with Crippen molar-refractivity contribution in [3.05, 3.63) is 148 Å². The number of para-hydroxylation sites is 1. The molecule has 0 bridgehead atoms. The zero-order valence-corrected chi connectivity index (χ0v) is 21.4. The van der Waals surface area contributed by atoms with Crippen LogP contribution < -0.4 is 4.90 Å². The van der Waals surface area contributed by atoms with Crippen molar-refractivity contribution in [3.8, 4) is 11.1 Å². The first-order valence-electron chi connectivity index (χ1n) is 12.8. The minimum atomic E-state index is -0.220. The zero-order valence-electron chi connectivity index (χ0n) is 21.4. The summed E-state index contributed by atoms with van der Waals surface area (Å²) in [7, 11) is 0. The average molecular weight is 480 g/mol. The Hall–Kier alpha value is -4.43. The molecule has 0 atom stereocenters. The van der Waals surface area contributed by atoms with Gasteiger partial charge in [-0.1, -0.05) is 109 Å². The largest absolute Gasteiger partial charge is 0.296 e. The summed E-state index contributed by atoms with van der Waals surface area (Å²) < 4.78 is 0. The van der Waals surface area contributed by atoms with E-state index in [0.717, 1.165) is 33.5 Å². The third kappa shape index (κ3) is 3.95. The molecule has 3 aliphatic rings. The summed E-state index contributed by atoms with van der Waals surface area (Å²) in [5.41, 5.74) is 12.1. The number of benzene rings is 3. The van der Waals surface area contributed by atoms with Crippen LogP contribution in [0.15, 0.2) is 109 Å². The van der Waals surface area contributed by atoms with Crippen molar-refractivity contribution in [2.24, 2.45) is 0 Å². The molecule has 1 heterocycles. The van der Waals surface area contributed by atoms with Crippen molar-refractivity contribution in [1.82, 2.24) is 0 Å². The van der Waals surface area contributed by atoms with Gasteiger partial charge in [0.1, 0.15) is 0 Å². The van der Waals surface area contributed by atoms with E-state index in [0.29, 0.717) is 0 Å². The van der Waals surface area contributed by atoms with E-state index in [9.17, 15) is 4.79 Å². The van der Waals surface area contributed by atoms with Crippen molar-refractivity contribution in [1.29, 1.82) is 0 Å². The van der Waals surface area contributed by atoms with Crippen molar-refractivity contribution >= 4 is 23.2 Å². The molecule has 1 amide bonds. The molecule has 3 aromatic carbocycles. The van der Waals surface area contributed by atoms with Gasteiger partial charge in [-0.3, -0.25) is 9.69 Å². The standard InChI is InChI=1S/C35H29NO/c1-23-20-24(2)29-19-18-28(33(29)25(3)21-23)22-31-30-16-10-11-17-32(30)36(35(31)37)34(26-12-6-4-7-13-26)27-14-8-5-9-15-27/h4-22,34H,1-3H3. The van der Waals surface area contributed by atoms with E-state index in [-0.39, 0.29) is 11.9 Å². The lowest BCUT2D eigenvalue weighted by molar-refractivity contribution is -0.113. The van der Waals surface area contributed by atoms with Gasteiger partial charge in [-0.05, 0) is 71.9 Å². The molecule has 2 nitrogen and oxygen atoms in total. The van der Waals surface area contributed by atoms with Crippen LogP contribution in [0.5, 0.6) is 0 Å². The molecule has 0 aromatic heterocycles. The van der Waals surface area contributed by atoms with Gasteiger partial charge >= 0.3 is 0 Å². The quantitative estimate of drug-likeness (QED) is 0.237. The second-order valence-corrected chi connectivity index (χ2v) is 9.95. The van der Waals surface area contributed by atoms with Crippen LogP contribution in [0.1, 0.15) is 45.0 Å². The minimum absolute atomic E-state index is 0.0270. The summed E-state index contributed by atoms with van der Waals surface area (Å²) in [6.45, 7) is 6.46. The molecule has 180 valence electrons. The van der Waals surface area contributed by atoms with Crippen LogP contribution in [-0.2, 0) is 4.79 Å². The number of rotatable bonds is 4. The predicted octanol–water partition coefficient (Wildman–Crippen LogP) is 8.39. The van der Waals surface area contributed by atoms with Crippen molar-refractivity contribution in [2.45, 2.75) is 26.8 Å². The Kier molecular flexibility index (Phi) is 5.73. The van der Waals surface area contributed by atoms with Crippen LogP contribution in [-0.4, -0.2) is 5.91 Å². The summed E-state index contributed by atoms with van der Waals surface area (Å²) in [5, 5.41) is 0. The van der Waals surface area contributed by atoms with Crippen LogP contribution in [0, 0.1) is 20.8 Å². The zero-order chi connectivity index (χ0) is 25.5. The topological polar surface area (TPSA) is 20.3 Å². The van der Waals surface area contributed by atoms with Crippen LogP contribution >= 0.6 is 0 Å². The van der Waals surface area contributed by atoms with Gasteiger partial charge in [-0.25, -0.2) is 0 Å². The highest BCUT2D eigenvalue weighted by Gasteiger charge is 2.38. The number of carbonyl (C=O) groups is 1. The molecule has 0 saturated heterocycles. The maximum absolute atomic E-state index is 14.3. The van der Waals surface area contributed by atoms with E-state index < -0.39 is 0 Å². The molecule has 2 aliphatic carbocycles. The summed E-state index contributed by atoms with van der Waals surface area (Å²) >= 11 is 0. The van der Waals surface area contributed by atoms with E-state index in [1.807, 2.05) is 53.4 Å². The Morgan fingerprint density at radius 3 is 1.92 bits per heavy atom. The molecule has 0 spiro atoms. The molecule has 6 rings (SSSR count). The maximum atomic E-state index is 14.3. The number of carbonyl (C=O) groups excluding carboxylic acids is 1. The third-order valence-electron chi connectivity index (χ3n) is 7.39. The fourth-order valence-corrected chi connectivity index (χ4v) is 5.84. The van der Waals surface area contributed by atoms with Gasteiger partial charge < -0.3 is 0 Å². The number of aryl methyl sites for hydroxylation is 3. The van der Waals surface area contributed by atoms with Gasteiger partial charge in [0.25, 0.3) is 5.91 Å². The number of fused-ring (bicyclic) bond motifs is 2. The van der Waals surface area contributed by atoms with E-state index in [4.69, 9.17) is 0 Å². The number of hydrogen-bond donors (Lipinski definition) is 0. The summed E-state index contributed by atoms with van der Waals surface area (Å²) in [5.74, 6) is 0.0270. The van der Waals surface area contributed by atoms with E-state index >= 15 is 0 Å². The first kappa shape index (κ1) is 23.0. The Morgan fingerprint density at radius 1 is 0.649 bits per heavy atom. The molecule has 0 radical (unpaired) electrons. The predicted molar refractivity (Wildman–Crippen MR) is 154 cm³/mol. The summed E-state index contributed by atoms with van der Waals surface area (Å²) in [4.78, 5) is 16.3. The summed E-state index contributed by atoms with van der Waals surface area (Å²) in [6.07, 6.45) is 2.10. The maximum Gasteiger partial charge on any atom is 0.259 e. The molecular weight excluding hydrogens is 450 g/mol. The summed E-state index contributed by atoms with van der Waals surface area (Å²) in [6, 6.07) is 37.4. The van der Waals surface area contributed by atoms with Crippen LogP contribution in [0.2, 0.25) is 0 Å². The number of anilines is 1. The van der Waals surface area contributed by atoms with E-state index in [2.05, 4.69) is 87.5 Å². The lowest BCUT2D eigenvalue weighted by Crippen LogP contribution is -2.32. The van der Waals surface area contributed by atoms with Crippen molar-refractivity contribution in [3.63, 3.8) is 0 Å². The monoisotopic (exact) mass is 479 g/mol. The molecule has 0 N–H and O–H groups in total. The number of nitrogens with zero attached hydrogens (tertiary/aromatic N) is 1. The Balaban J connectivity index is 1.54. The fraction of sp³-hybridized carbons (Fsp3) is 0.114. The van der Waals surface area contributed by atoms with Gasteiger partial charge in [-0.15, -0.1) is 0 Å². The van der Waals surface area contributed by atoms with Gasteiger partial charge in [0.05, 0.1) is 11.7 Å². The molecule has 3 aromatic rings. The first-order chi connectivity index (χ1) is 18.0. The van der Waals surface area contributed by atoms with Crippen molar-refractivity contribution < 1.29 is 4.79 Å². The van der Waals surface area contributed by atoms with Gasteiger partial charge in [0.15, 0.2) is 0 Å². The van der Waals surface area contributed by atoms with E-state index in [1.54, 1.807) is 0 Å². The van der Waals surface area contributed by atoms with Crippen molar-refractivity contribution in [2.75, 3.05) is 4.90 Å². The molecule has 0 unspecified atom stereocenters. The van der Waals surface area contributed by atoms with Gasteiger partial charge in [0.2, 0.25) is 0 Å². The Labute approximate surface area is 218 Å². The van der Waals surface area contributed by atoms with Crippen LogP contribution in [0.25, 0.3) is 22.8 Å². The Morgan fingerprint density at radius 2 is 1.24 bits per heavy atom. The lowest BCUT2D eigenvalue weighted by Gasteiger charge is -2.29. The molecule has 2 heteroatoms. The Bertz CT molecular complexity index is 1580. The average Bonchev–Trinajstić information content (AvgIpc) is 3.42. The highest BCUT2D eigenvalue weighted by molar-refractivity contribution is 6.36. The minimum Gasteiger partial charge on any atom is -0.296 e. The smallest absolute Gasteiger partial charge is 0.259 e. The molecule has 0 fully saturated rings. The number of amides is 1. The molecule has 37 heavy (non-hydrogen) atoms. The molecular formula is C35H29NO. The SMILES string of the molecule is Cc1cc(C)c2ccc(C=C3C(=O)N(C(c4ccccc4)c4ccccc4)c4ccccc43)c-2c(C)c1. The lowest BCUT2D eigenvalue weighted by atomic mass is 9.97. The fourth-order valence-electron chi connectivity index (χ4n) is 5.84. The third-order valence-corrected chi connectivity index (χ3v) is 7.39. The normalized spacial score (nSPS) is 14.1. The highest BCUT2D eigenvalue weighted by Crippen LogP contribution is 2.45. The highest BCUT2D eigenvalue weighted by atomic mass is 16.2. The number of hydrogen-bond acceptors (Lipinski definition) is 1. The van der Waals surface area contributed by atoms with Gasteiger partial charge in [0, 0.05) is 11.1 Å². The molecule has 0 saturated carbocycles. The van der Waals surface area contributed by atoms with E-state index in [1.165, 1.54) is 27.8 Å². The first-order valence-corrected chi connectivity index (χ1v) is 12.8. The van der Waals surface area contributed by atoms with Gasteiger partial charge in [-0.2, -0.15) is 0 Å². The van der Waals surface area contributed by atoms with Crippen LogP contribution in [0.3, 0.4) is 0 Å².